The van der Waals surface area contributed by atoms with E-state index in [1.54, 1.807) is 10.9 Å². The Morgan fingerprint density at radius 2 is 2.05 bits per heavy atom. The van der Waals surface area contributed by atoms with Gasteiger partial charge in [0.1, 0.15) is 0 Å². The Hall–Kier alpha value is -1.20. The minimum atomic E-state index is 0.109. The summed E-state index contributed by atoms with van der Waals surface area (Å²) in [6, 6.07) is 4.10. The maximum Gasteiger partial charge on any atom is 0.153 e. The molecule has 0 amide bonds. The second kappa shape index (κ2) is 5.43. The highest BCUT2D eigenvalue weighted by atomic mass is 79.9. The van der Waals surface area contributed by atoms with Gasteiger partial charge >= 0.3 is 0 Å². The monoisotopic (exact) mass is 322 g/mol. The number of halogens is 1. The zero-order valence-corrected chi connectivity index (χ0v) is 13.3. The topological polar surface area (TPSA) is 42.7 Å². The molecule has 0 aliphatic heterocycles. The van der Waals surface area contributed by atoms with Crippen molar-refractivity contribution >= 4 is 15.9 Å². The molecular formula is C14H19BrN4. The van der Waals surface area contributed by atoms with E-state index in [1.807, 2.05) is 19.2 Å². The van der Waals surface area contributed by atoms with E-state index in [4.69, 9.17) is 0 Å². The second-order valence-corrected chi connectivity index (χ2v) is 6.54. The molecule has 0 atom stereocenters. The van der Waals surface area contributed by atoms with E-state index >= 15 is 0 Å². The van der Waals surface area contributed by atoms with Crippen molar-refractivity contribution in [3.63, 3.8) is 0 Å². The number of aromatic nitrogens is 3. The third-order valence-electron chi connectivity index (χ3n) is 2.78. The molecule has 5 heteroatoms. The van der Waals surface area contributed by atoms with Crippen LogP contribution in [0, 0.1) is 6.92 Å². The number of nitrogens with zero attached hydrogens (tertiary/aromatic N) is 3. The minimum Gasteiger partial charge on any atom is -0.308 e. The van der Waals surface area contributed by atoms with Crippen LogP contribution in [0.5, 0.6) is 0 Å². The van der Waals surface area contributed by atoms with Gasteiger partial charge in [-0.3, -0.25) is 0 Å². The Bertz CT molecular complexity index is 569. The predicted octanol–water partition coefficient (Wildman–Crippen LogP) is 3.23. The Labute approximate surface area is 122 Å². The van der Waals surface area contributed by atoms with Crippen molar-refractivity contribution in [3.8, 4) is 5.82 Å². The van der Waals surface area contributed by atoms with E-state index in [1.165, 1.54) is 5.56 Å². The summed E-state index contributed by atoms with van der Waals surface area (Å²) >= 11 is 3.39. The first-order valence-corrected chi connectivity index (χ1v) is 7.06. The van der Waals surface area contributed by atoms with E-state index in [-0.39, 0.29) is 5.54 Å². The first kappa shape index (κ1) is 14.2. The highest BCUT2D eigenvalue weighted by Gasteiger charge is 2.10. The molecule has 0 fully saturated rings. The molecule has 2 aromatic heterocycles. The van der Waals surface area contributed by atoms with Gasteiger partial charge in [-0.15, -0.1) is 0 Å². The lowest BCUT2D eigenvalue weighted by Gasteiger charge is -2.21. The van der Waals surface area contributed by atoms with E-state index in [0.717, 1.165) is 22.5 Å². The molecule has 0 unspecified atom stereocenters. The van der Waals surface area contributed by atoms with Crippen molar-refractivity contribution in [2.24, 2.45) is 0 Å². The third-order valence-corrected chi connectivity index (χ3v) is 3.19. The minimum absolute atomic E-state index is 0.109. The second-order valence-electron chi connectivity index (χ2n) is 5.62. The predicted molar refractivity (Wildman–Crippen MR) is 80.4 cm³/mol. The van der Waals surface area contributed by atoms with Crippen LogP contribution < -0.4 is 5.32 Å². The Balaban J connectivity index is 2.18. The number of pyridine rings is 1. The molecule has 0 aromatic carbocycles. The average molecular weight is 323 g/mol. The Morgan fingerprint density at radius 3 is 2.58 bits per heavy atom. The van der Waals surface area contributed by atoms with Crippen LogP contribution in [0.1, 0.15) is 32.0 Å². The first-order chi connectivity index (χ1) is 8.85. The number of aryl methyl sites for hydroxylation is 1. The van der Waals surface area contributed by atoms with E-state index in [9.17, 15) is 0 Å². The van der Waals surface area contributed by atoms with E-state index in [0.29, 0.717) is 0 Å². The fourth-order valence-electron chi connectivity index (χ4n) is 1.68. The summed E-state index contributed by atoms with van der Waals surface area (Å²) in [4.78, 5) is 4.60. The van der Waals surface area contributed by atoms with Gasteiger partial charge in [0, 0.05) is 24.0 Å². The van der Waals surface area contributed by atoms with Crippen LogP contribution >= 0.6 is 15.9 Å². The highest BCUT2D eigenvalue weighted by Crippen LogP contribution is 2.14. The zero-order valence-electron chi connectivity index (χ0n) is 11.7. The summed E-state index contributed by atoms with van der Waals surface area (Å²) in [6.45, 7) is 9.33. The van der Waals surface area contributed by atoms with E-state index in [2.05, 4.69) is 58.2 Å². The smallest absolute Gasteiger partial charge is 0.153 e. The summed E-state index contributed by atoms with van der Waals surface area (Å²) in [7, 11) is 0. The summed E-state index contributed by atoms with van der Waals surface area (Å²) in [6.07, 6.45) is 3.65. The lowest BCUT2D eigenvalue weighted by atomic mass is 10.1. The van der Waals surface area contributed by atoms with Gasteiger partial charge in [0.05, 0.1) is 10.7 Å². The third kappa shape index (κ3) is 3.88. The van der Waals surface area contributed by atoms with Crippen LogP contribution in [0.15, 0.2) is 29.0 Å². The lowest BCUT2D eigenvalue weighted by Crippen LogP contribution is -2.35. The molecule has 19 heavy (non-hydrogen) atoms. The van der Waals surface area contributed by atoms with Crippen molar-refractivity contribution in [1.29, 1.82) is 0 Å². The summed E-state index contributed by atoms with van der Waals surface area (Å²) in [5.41, 5.74) is 2.35. The Kier molecular flexibility index (Phi) is 4.06. The molecule has 2 rings (SSSR count). The average Bonchev–Trinajstić information content (AvgIpc) is 2.73. The van der Waals surface area contributed by atoms with Crippen LogP contribution in [-0.4, -0.2) is 20.3 Å². The van der Waals surface area contributed by atoms with Crippen molar-refractivity contribution in [2.45, 2.75) is 39.8 Å². The maximum atomic E-state index is 4.60. The van der Waals surface area contributed by atoms with Crippen molar-refractivity contribution in [3.05, 3.63) is 40.3 Å². The fraction of sp³-hybridized carbons (Fsp3) is 0.429. The molecule has 0 aliphatic carbocycles. The fourth-order valence-corrected chi connectivity index (χ4v) is 1.96. The van der Waals surface area contributed by atoms with E-state index < -0.39 is 0 Å². The van der Waals surface area contributed by atoms with Crippen molar-refractivity contribution < 1.29 is 0 Å². The molecule has 1 N–H and O–H groups in total. The zero-order chi connectivity index (χ0) is 14.0. The van der Waals surface area contributed by atoms with Gasteiger partial charge in [-0.25, -0.2) is 9.67 Å². The molecule has 0 saturated carbocycles. The van der Waals surface area contributed by atoms with Crippen molar-refractivity contribution in [1.82, 2.24) is 20.1 Å². The van der Waals surface area contributed by atoms with Gasteiger partial charge < -0.3 is 5.32 Å². The molecule has 0 bridgehead atoms. The van der Waals surface area contributed by atoms with Gasteiger partial charge in [-0.05, 0) is 55.3 Å². The molecule has 0 saturated heterocycles. The molecule has 2 aromatic rings. The molecule has 4 nitrogen and oxygen atoms in total. The van der Waals surface area contributed by atoms with Crippen LogP contribution in [0.4, 0.5) is 0 Å². The molecule has 0 aliphatic rings. The highest BCUT2D eigenvalue weighted by molar-refractivity contribution is 9.10. The first-order valence-electron chi connectivity index (χ1n) is 6.27. The maximum absolute atomic E-state index is 4.60. The summed E-state index contributed by atoms with van der Waals surface area (Å²) in [5, 5.41) is 7.71. The summed E-state index contributed by atoms with van der Waals surface area (Å²) < 4.78 is 2.71. The normalized spacial score (nSPS) is 11.8. The van der Waals surface area contributed by atoms with Gasteiger partial charge in [0.15, 0.2) is 5.82 Å². The van der Waals surface area contributed by atoms with Gasteiger partial charge in [0.2, 0.25) is 0 Å². The SMILES string of the molecule is Cc1nc(-n2cc(Br)cn2)ccc1CNC(C)(C)C. The van der Waals surface area contributed by atoms with Crippen molar-refractivity contribution in [2.75, 3.05) is 0 Å². The molecular weight excluding hydrogens is 304 g/mol. The van der Waals surface area contributed by atoms with Crippen LogP contribution in [-0.2, 0) is 6.54 Å². The quantitative estimate of drug-likeness (QED) is 0.943. The standard InChI is InChI=1S/C14H19BrN4/c1-10-11(7-16-14(2,3)4)5-6-13(18-10)19-9-12(15)8-17-19/h5-6,8-9,16H,7H2,1-4H3. The van der Waals surface area contributed by atoms with Crippen LogP contribution in [0.25, 0.3) is 5.82 Å². The Morgan fingerprint density at radius 1 is 1.32 bits per heavy atom. The number of hydrogen-bond acceptors (Lipinski definition) is 3. The lowest BCUT2D eigenvalue weighted by molar-refractivity contribution is 0.423. The molecule has 102 valence electrons. The number of hydrogen-bond donors (Lipinski definition) is 1. The number of nitrogens with one attached hydrogen (secondary N) is 1. The van der Waals surface area contributed by atoms with Gasteiger partial charge in [0.25, 0.3) is 0 Å². The van der Waals surface area contributed by atoms with Crippen LogP contribution in [0.3, 0.4) is 0 Å². The molecule has 2 heterocycles. The molecule has 0 spiro atoms. The largest absolute Gasteiger partial charge is 0.308 e. The van der Waals surface area contributed by atoms with Crippen LogP contribution in [0.2, 0.25) is 0 Å². The number of rotatable bonds is 3. The summed E-state index contributed by atoms with van der Waals surface area (Å²) in [5.74, 6) is 0.836. The van der Waals surface area contributed by atoms with Gasteiger partial charge in [-0.2, -0.15) is 5.10 Å². The molecule has 0 radical (unpaired) electrons. The van der Waals surface area contributed by atoms with Gasteiger partial charge in [-0.1, -0.05) is 6.07 Å².